The number of hydrogen-bond acceptors (Lipinski definition) is 4. The molecule has 18 rings (SSSR count). The Hall–Kier alpha value is -11.3. The molecule has 0 saturated heterocycles. The van der Waals surface area contributed by atoms with Crippen molar-refractivity contribution in [1.29, 1.82) is 0 Å². The summed E-state index contributed by atoms with van der Waals surface area (Å²) in [7, 11) is 0. The summed E-state index contributed by atoms with van der Waals surface area (Å²) >= 11 is 0. The Bertz CT molecular complexity index is 5870. The second kappa shape index (κ2) is 19.2. The standard InChI is InChI=1S/C79H44F9N3O2/c1-43-33-37-45(38-34-43)89(65-31-13-23-55-53-21-11-27-59(78(83,84)85)72(53)92-74(55)65)67-41-61-69(50-18-4-2-15-47(50)67)70-51-19-5-3-16-48(51)68(42-62(70)76(61)57-25-7-9-30-64(57)91-63-29-8-6-17-49(63)52-20-10-26-58(76)71(52)91)90(46-39-35-44(36-40-46)77(80,81)82)66-32-14-24-56-54-22-12-28-60(79(86,87)88)73(54)93-75(56)66/h2-42H,1H3. The van der Waals surface area contributed by atoms with Gasteiger partial charge in [-0.25, -0.2) is 0 Å². The van der Waals surface area contributed by atoms with E-state index in [1.807, 2.05) is 110 Å². The van der Waals surface area contributed by atoms with Crippen LogP contribution in [0.25, 0.3) is 104 Å². The van der Waals surface area contributed by atoms with Crippen LogP contribution in [-0.2, 0) is 23.9 Å². The summed E-state index contributed by atoms with van der Waals surface area (Å²) in [5.41, 5.74) is 7.30. The van der Waals surface area contributed by atoms with Gasteiger partial charge in [0.25, 0.3) is 0 Å². The molecule has 0 N–H and O–H groups in total. The number of nitrogens with zero attached hydrogens (tertiary/aromatic N) is 3. The highest BCUT2D eigenvalue weighted by atomic mass is 19.4. The lowest BCUT2D eigenvalue weighted by Gasteiger charge is -2.40. The monoisotopic (exact) mass is 1240 g/mol. The van der Waals surface area contributed by atoms with Crippen molar-refractivity contribution in [2.75, 3.05) is 9.80 Å². The van der Waals surface area contributed by atoms with Gasteiger partial charge in [-0.15, -0.1) is 0 Å². The Labute approximate surface area is 522 Å². The minimum Gasteiger partial charge on any atom is -0.453 e. The molecule has 5 nitrogen and oxygen atoms in total. The van der Waals surface area contributed by atoms with E-state index in [0.717, 1.165) is 107 Å². The van der Waals surface area contributed by atoms with Crippen molar-refractivity contribution >= 4 is 121 Å². The van der Waals surface area contributed by atoms with E-state index in [1.54, 1.807) is 41.3 Å². The molecule has 4 heterocycles. The maximum atomic E-state index is 15.0. The highest BCUT2D eigenvalue weighted by molar-refractivity contribution is 6.22. The van der Waals surface area contributed by atoms with Crippen molar-refractivity contribution in [2.24, 2.45) is 0 Å². The normalized spacial score (nSPS) is 14.6. The highest BCUT2D eigenvalue weighted by Gasteiger charge is 2.53. The van der Waals surface area contributed by atoms with E-state index in [9.17, 15) is 39.5 Å². The molecule has 1 aliphatic carbocycles. The Morgan fingerprint density at radius 2 is 0.742 bits per heavy atom. The number of aryl methyl sites for hydroxylation is 1. The summed E-state index contributed by atoms with van der Waals surface area (Å²) in [4.78, 5) is 3.86. The third-order valence-electron chi connectivity index (χ3n) is 19.1. The van der Waals surface area contributed by atoms with Crippen LogP contribution in [0.15, 0.2) is 258 Å². The number of fused-ring (bicyclic) bond motifs is 22. The molecule has 0 fully saturated rings. The molecular weight excluding hydrogens is 1190 g/mol. The molecule has 2 aliphatic rings. The molecule has 93 heavy (non-hydrogen) atoms. The topological polar surface area (TPSA) is 37.7 Å². The zero-order valence-electron chi connectivity index (χ0n) is 48.7. The lowest BCUT2D eigenvalue weighted by Crippen LogP contribution is -2.34. The maximum Gasteiger partial charge on any atom is 0.420 e. The van der Waals surface area contributed by atoms with Gasteiger partial charge < -0.3 is 23.2 Å². The van der Waals surface area contributed by atoms with Crippen molar-refractivity contribution in [3.63, 3.8) is 0 Å². The molecule has 3 aromatic heterocycles. The van der Waals surface area contributed by atoms with Crippen molar-refractivity contribution in [3.05, 3.63) is 293 Å². The first-order valence-corrected chi connectivity index (χ1v) is 30.1. The van der Waals surface area contributed by atoms with Crippen LogP contribution in [-0.4, -0.2) is 4.57 Å². The molecule has 0 bridgehead atoms. The van der Waals surface area contributed by atoms with Gasteiger partial charge in [0.05, 0.1) is 61.6 Å². The lowest BCUT2D eigenvalue weighted by atomic mass is 9.65. The average Bonchev–Trinajstić information content (AvgIpc) is 1.51. The molecule has 1 atom stereocenters. The van der Waals surface area contributed by atoms with Gasteiger partial charge in [0, 0.05) is 54.5 Å². The molecule has 16 aromatic rings. The summed E-state index contributed by atoms with van der Waals surface area (Å²) in [6.45, 7) is 1.98. The number of rotatable bonds is 6. The van der Waals surface area contributed by atoms with Gasteiger partial charge >= 0.3 is 18.5 Å². The van der Waals surface area contributed by atoms with Crippen molar-refractivity contribution in [3.8, 4) is 16.8 Å². The molecule has 0 amide bonds. The number of aromatic nitrogens is 1. The number of hydrogen-bond donors (Lipinski definition) is 0. The van der Waals surface area contributed by atoms with Crippen molar-refractivity contribution < 1.29 is 48.3 Å². The second-order valence-corrected chi connectivity index (χ2v) is 24.0. The van der Waals surface area contributed by atoms with Gasteiger partial charge in [-0.1, -0.05) is 169 Å². The number of halogens is 9. The third-order valence-corrected chi connectivity index (χ3v) is 19.1. The van der Waals surface area contributed by atoms with Gasteiger partial charge in [-0.3, -0.25) is 0 Å². The molecule has 1 unspecified atom stereocenters. The SMILES string of the molecule is Cc1ccc(N(c2cc3c(c4ccccc24)-c2c(cc(N(c4ccc(C(F)(F)F)cc4)c4cccc5c4oc4c(C(F)(F)F)cccc45)c4ccccc24)C32c3ccccc3-n3c4ccccc4c4cccc2c43)c2cccc3c2oc2c(C(F)(F)F)cccc23)cc1. The van der Waals surface area contributed by atoms with E-state index in [0.29, 0.717) is 44.3 Å². The zero-order valence-corrected chi connectivity index (χ0v) is 48.7. The first kappa shape index (κ1) is 54.7. The lowest BCUT2D eigenvalue weighted by molar-refractivity contribution is -0.138. The van der Waals surface area contributed by atoms with Crippen LogP contribution in [0.5, 0.6) is 0 Å². The van der Waals surface area contributed by atoms with Gasteiger partial charge in [0.2, 0.25) is 0 Å². The van der Waals surface area contributed by atoms with Gasteiger partial charge in [-0.05, 0) is 136 Å². The first-order valence-electron chi connectivity index (χ1n) is 30.1. The smallest absolute Gasteiger partial charge is 0.420 e. The highest BCUT2D eigenvalue weighted by Crippen LogP contribution is 2.66. The third kappa shape index (κ3) is 7.60. The summed E-state index contributed by atoms with van der Waals surface area (Å²) < 4.78 is 149. The minimum absolute atomic E-state index is 0.0740. The Kier molecular flexibility index (Phi) is 11.3. The summed E-state index contributed by atoms with van der Waals surface area (Å²) in [5.74, 6) is 0. The molecule has 0 saturated carbocycles. The van der Waals surface area contributed by atoms with Crippen LogP contribution in [0.3, 0.4) is 0 Å². The predicted octanol–water partition coefficient (Wildman–Crippen LogP) is 23.9. The summed E-state index contributed by atoms with van der Waals surface area (Å²) in [6.07, 6.45) is -14.2. The van der Waals surface area contributed by atoms with Crippen LogP contribution in [0.2, 0.25) is 0 Å². The van der Waals surface area contributed by atoms with E-state index in [-0.39, 0.29) is 39.1 Å². The second-order valence-electron chi connectivity index (χ2n) is 24.0. The Morgan fingerprint density at radius 1 is 0.333 bits per heavy atom. The zero-order chi connectivity index (χ0) is 63.2. The quantitative estimate of drug-likeness (QED) is 0.156. The fraction of sp³-hybridized carbons (Fsp3) is 0.0633. The first-order chi connectivity index (χ1) is 45.0. The van der Waals surface area contributed by atoms with E-state index in [2.05, 4.69) is 70.1 Å². The Balaban J connectivity index is 1.01. The van der Waals surface area contributed by atoms with E-state index in [4.69, 9.17) is 8.83 Å². The van der Waals surface area contributed by atoms with E-state index >= 15 is 0 Å². The van der Waals surface area contributed by atoms with E-state index < -0.39 is 40.6 Å². The molecular formula is C79H44F9N3O2. The van der Waals surface area contributed by atoms with Crippen molar-refractivity contribution in [2.45, 2.75) is 30.9 Å². The fourth-order valence-corrected chi connectivity index (χ4v) is 15.4. The van der Waals surface area contributed by atoms with Crippen LogP contribution in [0.1, 0.15) is 44.5 Å². The molecule has 1 aliphatic heterocycles. The number of alkyl halides is 9. The summed E-state index contributed by atoms with van der Waals surface area (Å²) in [6, 6.07) is 74.3. The Morgan fingerprint density at radius 3 is 1.26 bits per heavy atom. The average molecular weight is 1240 g/mol. The summed E-state index contributed by atoms with van der Waals surface area (Å²) in [5, 5.41) is 6.37. The van der Waals surface area contributed by atoms with Crippen LogP contribution < -0.4 is 9.80 Å². The molecule has 13 aromatic carbocycles. The number of anilines is 6. The van der Waals surface area contributed by atoms with E-state index in [1.165, 1.54) is 24.3 Å². The van der Waals surface area contributed by atoms with Gasteiger partial charge in [-0.2, -0.15) is 39.5 Å². The van der Waals surface area contributed by atoms with Crippen LogP contribution in [0, 0.1) is 6.92 Å². The van der Waals surface area contributed by atoms with Crippen molar-refractivity contribution in [1.82, 2.24) is 4.57 Å². The minimum atomic E-state index is -4.80. The predicted molar refractivity (Wildman–Crippen MR) is 350 cm³/mol. The van der Waals surface area contributed by atoms with Crippen LogP contribution >= 0.6 is 0 Å². The molecule has 0 radical (unpaired) electrons. The fourth-order valence-electron chi connectivity index (χ4n) is 15.4. The number of benzene rings is 13. The molecule has 14 heteroatoms. The number of para-hydroxylation sites is 7. The largest absolute Gasteiger partial charge is 0.453 e. The number of furan rings is 2. The molecule has 450 valence electrons. The maximum absolute atomic E-state index is 15.0. The van der Waals surface area contributed by atoms with Gasteiger partial charge in [0.1, 0.15) is 11.2 Å². The molecule has 1 spiro atoms. The van der Waals surface area contributed by atoms with Crippen LogP contribution in [0.4, 0.5) is 73.6 Å². The van der Waals surface area contributed by atoms with Gasteiger partial charge in [0.15, 0.2) is 11.2 Å².